The van der Waals surface area contributed by atoms with Gasteiger partial charge in [-0.15, -0.1) is 0 Å². The molecule has 18 heavy (non-hydrogen) atoms. The van der Waals surface area contributed by atoms with Gasteiger partial charge in [-0.05, 0) is 12.5 Å². The molecule has 0 aliphatic carbocycles. The molecule has 0 aromatic heterocycles. The molecule has 1 aliphatic heterocycles. The SMILES string of the molecule is CC1CN(CC(C)(CN)c2ccccc2)CCO1. The summed E-state index contributed by atoms with van der Waals surface area (Å²) in [5, 5.41) is 0. The van der Waals surface area contributed by atoms with E-state index in [1.54, 1.807) is 0 Å². The van der Waals surface area contributed by atoms with Gasteiger partial charge in [-0.3, -0.25) is 4.90 Å². The fourth-order valence-electron chi connectivity index (χ4n) is 2.64. The van der Waals surface area contributed by atoms with Crippen LogP contribution in [0.25, 0.3) is 0 Å². The molecule has 0 amide bonds. The highest BCUT2D eigenvalue weighted by Crippen LogP contribution is 2.24. The number of nitrogens with zero attached hydrogens (tertiary/aromatic N) is 1. The number of benzene rings is 1. The maximum atomic E-state index is 6.03. The smallest absolute Gasteiger partial charge is 0.0674 e. The Hall–Kier alpha value is -0.900. The minimum Gasteiger partial charge on any atom is -0.376 e. The average Bonchev–Trinajstić information content (AvgIpc) is 2.39. The van der Waals surface area contributed by atoms with Crippen molar-refractivity contribution in [3.05, 3.63) is 35.9 Å². The second-order valence-corrected chi connectivity index (χ2v) is 5.55. The van der Waals surface area contributed by atoms with Crippen molar-refractivity contribution in [1.29, 1.82) is 0 Å². The van der Waals surface area contributed by atoms with Crippen molar-refractivity contribution in [3.63, 3.8) is 0 Å². The number of rotatable bonds is 4. The lowest BCUT2D eigenvalue weighted by Crippen LogP contribution is -2.49. The first-order valence-corrected chi connectivity index (χ1v) is 6.73. The Morgan fingerprint density at radius 1 is 1.39 bits per heavy atom. The van der Waals surface area contributed by atoms with Gasteiger partial charge in [0, 0.05) is 31.6 Å². The van der Waals surface area contributed by atoms with Gasteiger partial charge in [0.25, 0.3) is 0 Å². The summed E-state index contributed by atoms with van der Waals surface area (Å²) in [5.74, 6) is 0. The second kappa shape index (κ2) is 5.83. The molecule has 3 nitrogen and oxygen atoms in total. The predicted molar refractivity (Wildman–Crippen MR) is 74.7 cm³/mol. The third-order valence-electron chi connectivity index (χ3n) is 3.82. The normalized spacial score (nSPS) is 24.7. The molecule has 0 bridgehead atoms. The highest BCUT2D eigenvalue weighted by atomic mass is 16.5. The van der Waals surface area contributed by atoms with Gasteiger partial charge in [-0.2, -0.15) is 0 Å². The van der Waals surface area contributed by atoms with Gasteiger partial charge >= 0.3 is 0 Å². The third-order valence-corrected chi connectivity index (χ3v) is 3.82. The Bertz CT molecular complexity index is 368. The molecule has 2 atom stereocenters. The van der Waals surface area contributed by atoms with Crippen molar-refractivity contribution in [2.24, 2.45) is 5.73 Å². The lowest BCUT2D eigenvalue weighted by atomic mass is 9.82. The van der Waals surface area contributed by atoms with E-state index in [9.17, 15) is 0 Å². The van der Waals surface area contributed by atoms with Crippen LogP contribution in [-0.2, 0) is 10.2 Å². The van der Waals surface area contributed by atoms with E-state index in [0.717, 1.165) is 26.2 Å². The summed E-state index contributed by atoms with van der Waals surface area (Å²) in [6.45, 7) is 8.90. The van der Waals surface area contributed by atoms with E-state index < -0.39 is 0 Å². The first-order valence-electron chi connectivity index (χ1n) is 6.73. The van der Waals surface area contributed by atoms with Crippen LogP contribution in [0.15, 0.2) is 30.3 Å². The summed E-state index contributed by atoms with van der Waals surface area (Å²) in [4.78, 5) is 2.47. The van der Waals surface area contributed by atoms with Gasteiger partial charge in [0.05, 0.1) is 12.7 Å². The van der Waals surface area contributed by atoms with E-state index in [1.807, 2.05) is 0 Å². The average molecular weight is 248 g/mol. The van der Waals surface area contributed by atoms with E-state index in [-0.39, 0.29) is 5.41 Å². The highest BCUT2D eigenvalue weighted by molar-refractivity contribution is 5.25. The van der Waals surface area contributed by atoms with E-state index >= 15 is 0 Å². The zero-order valence-electron chi connectivity index (χ0n) is 11.4. The highest BCUT2D eigenvalue weighted by Gasteiger charge is 2.29. The zero-order valence-corrected chi connectivity index (χ0v) is 11.4. The molecule has 1 saturated heterocycles. The van der Waals surface area contributed by atoms with Crippen LogP contribution in [0.1, 0.15) is 19.4 Å². The van der Waals surface area contributed by atoms with E-state index in [1.165, 1.54) is 5.56 Å². The van der Waals surface area contributed by atoms with Gasteiger partial charge in [0.2, 0.25) is 0 Å². The van der Waals surface area contributed by atoms with Crippen LogP contribution in [0.4, 0.5) is 0 Å². The Morgan fingerprint density at radius 3 is 2.72 bits per heavy atom. The monoisotopic (exact) mass is 248 g/mol. The van der Waals surface area contributed by atoms with Crippen LogP contribution in [0.3, 0.4) is 0 Å². The summed E-state index contributed by atoms with van der Waals surface area (Å²) >= 11 is 0. The molecule has 0 saturated carbocycles. The van der Waals surface area contributed by atoms with Crippen molar-refractivity contribution in [1.82, 2.24) is 4.90 Å². The van der Waals surface area contributed by atoms with Crippen LogP contribution >= 0.6 is 0 Å². The van der Waals surface area contributed by atoms with Crippen molar-refractivity contribution >= 4 is 0 Å². The molecular weight excluding hydrogens is 224 g/mol. The molecule has 100 valence electrons. The lowest BCUT2D eigenvalue weighted by molar-refractivity contribution is -0.0242. The Balaban J connectivity index is 2.08. The maximum absolute atomic E-state index is 6.03. The fourth-order valence-corrected chi connectivity index (χ4v) is 2.64. The molecule has 2 unspecified atom stereocenters. The number of hydrogen-bond acceptors (Lipinski definition) is 3. The number of ether oxygens (including phenoxy) is 1. The molecule has 0 radical (unpaired) electrons. The standard InChI is InChI=1S/C15H24N2O/c1-13-10-17(8-9-18-13)12-15(2,11-16)14-6-4-3-5-7-14/h3-7,13H,8-12,16H2,1-2H3. The van der Waals surface area contributed by atoms with Gasteiger partial charge in [0.1, 0.15) is 0 Å². The van der Waals surface area contributed by atoms with Crippen molar-refractivity contribution in [2.75, 3.05) is 32.8 Å². The molecule has 1 fully saturated rings. The summed E-state index contributed by atoms with van der Waals surface area (Å²) < 4.78 is 5.59. The Labute approximate surface area is 110 Å². The molecule has 3 heteroatoms. The quantitative estimate of drug-likeness (QED) is 0.880. The van der Waals surface area contributed by atoms with Crippen LogP contribution in [0, 0.1) is 0 Å². The van der Waals surface area contributed by atoms with E-state index in [4.69, 9.17) is 10.5 Å². The fraction of sp³-hybridized carbons (Fsp3) is 0.600. The van der Waals surface area contributed by atoms with Gasteiger partial charge in [-0.1, -0.05) is 37.3 Å². The van der Waals surface area contributed by atoms with Crippen LogP contribution in [0.2, 0.25) is 0 Å². The van der Waals surface area contributed by atoms with Crippen molar-refractivity contribution < 1.29 is 4.74 Å². The topological polar surface area (TPSA) is 38.5 Å². The molecule has 1 aromatic rings. The minimum absolute atomic E-state index is 0.0261. The van der Waals surface area contributed by atoms with Crippen LogP contribution in [0.5, 0.6) is 0 Å². The summed E-state index contributed by atoms with van der Waals surface area (Å²) in [6.07, 6.45) is 0.330. The molecule has 2 rings (SSSR count). The molecular formula is C15H24N2O. The summed E-state index contributed by atoms with van der Waals surface area (Å²) in [6, 6.07) is 10.6. The molecule has 2 N–H and O–H groups in total. The predicted octanol–water partition coefficient (Wildman–Crippen LogP) is 1.62. The number of morpholine rings is 1. The van der Waals surface area contributed by atoms with Crippen molar-refractivity contribution in [2.45, 2.75) is 25.4 Å². The molecule has 1 heterocycles. The van der Waals surface area contributed by atoms with Crippen molar-refractivity contribution in [3.8, 4) is 0 Å². The van der Waals surface area contributed by atoms with Crippen LogP contribution < -0.4 is 5.73 Å². The van der Waals surface area contributed by atoms with Gasteiger partial charge < -0.3 is 10.5 Å². The molecule has 0 spiro atoms. The number of hydrogen-bond donors (Lipinski definition) is 1. The van der Waals surface area contributed by atoms with Gasteiger partial charge in [0.15, 0.2) is 0 Å². The lowest BCUT2D eigenvalue weighted by Gasteiger charge is -2.38. The second-order valence-electron chi connectivity index (χ2n) is 5.55. The van der Waals surface area contributed by atoms with E-state index in [2.05, 4.69) is 49.1 Å². The summed E-state index contributed by atoms with van der Waals surface area (Å²) in [7, 11) is 0. The Kier molecular flexibility index (Phi) is 4.38. The number of nitrogens with two attached hydrogens (primary N) is 1. The van der Waals surface area contributed by atoms with Gasteiger partial charge in [-0.25, -0.2) is 0 Å². The first-order chi connectivity index (χ1) is 8.64. The molecule has 1 aromatic carbocycles. The van der Waals surface area contributed by atoms with Crippen LogP contribution in [-0.4, -0.2) is 43.8 Å². The minimum atomic E-state index is 0.0261. The third kappa shape index (κ3) is 3.10. The van der Waals surface area contributed by atoms with E-state index in [0.29, 0.717) is 12.6 Å². The largest absolute Gasteiger partial charge is 0.376 e. The molecule has 1 aliphatic rings. The Morgan fingerprint density at radius 2 is 2.11 bits per heavy atom. The zero-order chi connectivity index (χ0) is 13.0. The summed E-state index contributed by atoms with van der Waals surface area (Å²) in [5.41, 5.74) is 7.38. The maximum Gasteiger partial charge on any atom is 0.0674 e. The first kappa shape index (κ1) is 13.5.